The molecular weight excluding hydrogens is 398 g/mol. The highest BCUT2D eigenvalue weighted by molar-refractivity contribution is 5.80. The molecular formula is C21H37N7O3. The number of nitrogens with one attached hydrogen (secondary N) is 2. The second-order valence-electron chi connectivity index (χ2n) is 9.22. The molecule has 1 saturated heterocycles. The number of amides is 1. The topological polar surface area (TPSA) is 106 Å². The maximum absolute atomic E-state index is 12.6. The first-order valence-corrected chi connectivity index (χ1v) is 11.2. The Kier molecular flexibility index (Phi) is 7.74. The molecule has 2 atom stereocenters. The Morgan fingerprint density at radius 2 is 2.10 bits per heavy atom. The molecule has 2 aliphatic heterocycles. The van der Waals surface area contributed by atoms with E-state index in [0.717, 1.165) is 62.8 Å². The quantitative estimate of drug-likeness (QED) is 0.535. The van der Waals surface area contributed by atoms with Crippen LogP contribution in [0.25, 0.3) is 0 Å². The summed E-state index contributed by atoms with van der Waals surface area (Å²) in [4.78, 5) is 23.4. The normalized spacial score (nSPS) is 22.1. The molecule has 1 aromatic heterocycles. The molecule has 10 nitrogen and oxygen atoms in total. The van der Waals surface area contributed by atoms with E-state index in [-0.39, 0.29) is 18.2 Å². The number of aromatic nitrogens is 3. The molecule has 174 valence electrons. The molecule has 1 fully saturated rings. The number of piperidine rings is 1. The zero-order chi connectivity index (χ0) is 22.4. The smallest absolute Gasteiger partial charge is 0.410 e. The average molecular weight is 436 g/mol. The third-order valence-corrected chi connectivity index (χ3v) is 5.50. The van der Waals surface area contributed by atoms with Gasteiger partial charge in [0, 0.05) is 39.7 Å². The summed E-state index contributed by atoms with van der Waals surface area (Å²) < 4.78 is 12.7. The van der Waals surface area contributed by atoms with Crippen LogP contribution < -0.4 is 10.6 Å². The molecule has 3 rings (SSSR count). The second-order valence-corrected chi connectivity index (χ2v) is 9.22. The Labute approximate surface area is 184 Å². The van der Waals surface area contributed by atoms with E-state index >= 15 is 0 Å². The maximum Gasteiger partial charge on any atom is 0.410 e. The van der Waals surface area contributed by atoms with Gasteiger partial charge in [-0.3, -0.25) is 4.99 Å². The van der Waals surface area contributed by atoms with Gasteiger partial charge in [-0.25, -0.2) is 14.5 Å². The first-order chi connectivity index (χ1) is 14.8. The molecule has 0 radical (unpaired) electrons. The van der Waals surface area contributed by atoms with Gasteiger partial charge >= 0.3 is 6.09 Å². The first-order valence-electron chi connectivity index (χ1n) is 11.2. The lowest BCUT2D eigenvalue weighted by atomic mass is 10.0. The zero-order valence-electron chi connectivity index (χ0n) is 19.5. The maximum atomic E-state index is 12.6. The summed E-state index contributed by atoms with van der Waals surface area (Å²) in [6.07, 6.45) is 4.66. The number of hydrogen-bond acceptors (Lipinski definition) is 6. The predicted octanol–water partition coefficient (Wildman–Crippen LogP) is 1.69. The number of methoxy groups -OCH3 is 1. The monoisotopic (exact) mass is 435 g/mol. The van der Waals surface area contributed by atoms with Gasteiger partial charge < -0.3 is 25.0 Å². The fourth-order valence-electron chi connectivity index (χ4n) is 4.04. The van der Waals surface area contributed by atoms with Gasteiger partial charge in [0.25, 0.3) is 0 Å². The second kappa shape index (κ2) is 10.3. The van der Waals surface area contributed by atoms with Gasteiger partial charge in [0.1, 0.15) is 18.0 Å². The summed E-state index contributed by atoms with van der Waals surface area (Å²) in [6.45, 7) is 8.23. The Bertz CT molecular complexity index is 772. The number of rotatable bonds is 5. The highest BCUT2D eigenvalue weighted by Gasteiger charge is 2.30. The van der Waals surface area contributed by atoms with Crippen molar-refractivity contribution in [2.75, 3.05) is 27.2 Å². The van der Waals surface area contributed by atoms with Crippen molar-refractivity contribution in [2.45, 2.75) is 83.7 Å². The number of likely N-dealkylation sites (tertiary alicyclic amines) is 1. The minimum atomic E-state index is -0.492. The number of aryl methyl sites for hydroxylation is 1. The van der Waals surface area contributed by atoms with E-state index in [2.05, 4.69) is 25.7 Å². The summed E-state index contributed by atoms with van der Waals surface area (Å²) in [7, 11) is 3.42. The van der Waals surface area contributed by atoms with Crippen LogP contribution >= 0.6 is 0 Å². The summed E-state index contributed by atoms with van der Waals surface area (Å²) in [5.74, 6) is 2.46. The van der Waals surface area contributed by atoms with Crippen LogP contribution in [0.3, 0.4) is 0 Å². The molecule has 31 heavy (non-hydrogen) atoms. The van der Waals surface area contributed by atoms with Gasteiger partial charge in [0.05, 0.1) is 12.6 Å². The van der Waals surface area contributed by atoms with Crippen LogP contribution in [0.15, 0.2) is 4.99 Å². The highest BCUT2D eigenvalue weighted by Crippen LogP contribution is 2.20. The lowest BCUT2D eigenvalue weighted by Gasteiger charge is -2.37. The van der Waals surface area contributed by atoms with E-state index in [0.29, 0.717) is 13.2 Å². The number of carbonyl (C=O) groups is 1. The highest BCUT2D eigenvalue weighted by atomic mass is 16.6. The number of nitrogens with zero attached hydrogens (tertiary/aromatic N) is 5. The molecule has 0 spiro atoms. The number of ether oxygens (including phenoxy) is 2. The number of carbonyl (C=O) groups excluding carboxylic acids is 1. The minimum Gasteiger partial charge on any atom is -0.444 e. The average Bonchev–Trinajstić information content (AvgIpc) is 3.12. The molecule has 2 N–H and O–H groups in total. The molecule has 0 aliphatic carbocycles. The van der Waals surface area contributed by atoms with Crippen molar-refractivity contribution in [3.8, 4) is 0 Å². The van der Waals surface area contributed by atoms with Crippen molar-refractivity contribution < 1.29 is 14.3 Å². The van der Waals surface area contributed by atoms with E-state index in [9.17, 15) is 4.79 Å². The number of hydrogen-bond donors (Lipinski definition) is 2. The van der Waals surface area contributed by atoms with E-state index < -0.39 is 5.60 Å². The number of aliphatic imine (C=N–C) groups is 1. The number of guanidine groups is 1. The standard InChI is InChI=1S/C21H37N7O3/c1-21(2,3)31-20(29)27-11-7-6-8-16(27)12-23-19(22-4)24-15-9-10-18-25-17(14-30-5)26-28(18)13-15/h15-16H,6-14H2,1-5H3,(H2,22,23,24). The van der Waals surface area contributed by atoms with Crippen LogP contribution in [-0.2, 0) is 29.0 Å². The van der Waals surface area contributed by atoms with Gasteiger partial charge in [-0.05, 0) is 46.5 Å². The van der Waals surface area contributed by atoms with E-state index in [1.165, 1.54) is 0 Å². The van der Waals surface area contributed by atoms with Gasteiger partial charge in [-0.15, -0.1) is 0 Å². The zero-order valence-corrected chi connectivity index (χ0v) is 19.5. The van der Waals surface area contributed by atoms with Crippen LogP contribution in [0.2, 0.25) is 0 Å². The third-order valence-electron chi connectivity index (χ3n) is 5.50. The molecule has 2 unspecified atom stereocenters. The van der Waals surface area contributed by atoms with Gasteiger partial charge in [-0.1, -0.05) is 0 Å². The van der Waals surface area contributed by atoms with Gasteiger partial charge in [0.15, 0.2) is 11.8 Å². The van der Waals surface area contributed by atoms with Crippen LogP contribution in [-0.4, -0.2) is 76.6 Å². The van der Waals surface area contributed by atoms with Crippen molar-refractivity contribution in [1.29, 1.82) is 0 Å². The fourth-order valence-corrected chi connectivity index (χ4v) is 4.04. The summed E-state index contributed by atoms with van der Waals surface area (Å²) in [5, 5.41) is 11.4. The van der Waals surface area contributed by atoms with E-state index in [1.54, 1.807) is 14.2 Å². The molecule has 10 heteroatoms. The van der Waals surface area contributed by atoms with Crippen LogP contribution in [0.1, 0.15) is 58.1 Å². The molecule has 0 saturated carbocycles. The lowest BCUT2D eigenvalue weighted by Crippen LogP contribution is -2.53. The van der Waals surface area contributed by atoms with Crippen LogP contribution in [0.5, 0.6) is 0 Å². The summed E-state index contributed by atoms with van der Waals surface area (Å²) >= 11 is 0. The van der Waals surface area contributed by atoms with Gasteiger partial charge in [-0.2, -0.15) is 5.10 Å². The SMILES string of the molecule is CN=C(NCC1CCCCN1C(=O)OC(C)(C)C)NC1CCc2nc(COC)nn2C1. The molecule has 1 aromatic rings. The fraction of sp³-hybridized carbons (Fsp3) is 0.810. The van der Waals surface area contributed by atoms with Crippen molar-refractivity contribution in [2.24, 2.45) is 4.99 Å². The summed E-state index contributed by atoms with van der Waals surface area (Å²) in [6, 6.07) is 0.302. The third kappa shape index (κ3) is 6.56. The molecule has 1 amide bonds. The predicted molar refractivity (Wildman–Crippen MR) is 118 cm³/mol. The lowest BCUT2D eigenvalue weighted by molar-refractivity contribution is 0.0104. The Balaban J connectivity index is 1.53. The van der Waals surface area contributed by atoms with Crippen molar-refractivity contribution in [1.82, 2.24) is 30.3 Å². The molecule has 0 bridgehead atoms. The molecule has 2 aliphatic rings. The Morgan fingerprint density at radius 1 is 1.29 bits per heavy atom. The number of fused-ring (bicyclic) bond motifs is 1. The Hall–Kier alpha value is -2.36. The molecule has 0 aromatic carbocycles. The van der Waals surface area contributed by atoms with Crippen LogP contribution in [0.4, 0.5) is 4.79 Å². The molecule has 3 heterocycles. The summed E-state index contributed by atoms with van der Waals surface area (Å²) in [5.41, 5.74) is -0.492. The van der Waals surface area contributed by atoms with Crippen molar-refractivity contribution in [3.63, 3.8) is 0 Å². The minimum absolute atomic E-state index is 0.0898. The first kappa shape index (κ1) is 23.3. The largest absolute Gasteiger partial charge is 0.444 e. The van der Waals surface area contributed by atoms with E-state index in [4.69, 9.17) is 9.47 Å². The van der Waals surface area contributed by atoms with Crippen molar-refractivity contribution in [3.05, 3.63) is 11.6 Å². The van der Waals surface area contributed by atoms with Crippen molar-refractivity contribution >= 4 is 12.1 Å². The van der Waals surface area contributed by atoms with Gasteiger partial charge in [0.2, 0.25) is 0 Å². The van der Waals surface area contributed by atoms with Crippen LogP contribution in [0, 0.1) is 0 Å². The van der Waals surface area contributed by atoms with E-state index in [1.807, 2.05) is 30.4 Å². The Morgan fingerprint density at radius 3 is 2.81 bits per heavy atom.